The second-order valence-electron chi connectivity index (χ2n) is 4.21. The molecule has 0 saturated heterocycles. The van der Waals surface area contributed by atoms with Gasteiger partial charge in [0.25, 0.3) is 0 Å². The lowest BCUT2D eigenvalue weighted by Crippen LogP contribution is -2.13. The van der Waals surface area contributed by atoms with Gasteiger partial charge in [-0.15, -0.1) is 0 Å². The van der Waals surface area contributed by atoms with E-state index in [-0.39, 0.29) is 0 Å². The van der Waals surface area contributed by atoms with Gasteiger partial charge in [0.05, 0.1) is 16.4 Å². The second-order valence-corrected chi connectivity index (χ2v) is 4.59. The van der Waals surface area contributed by atoms with Crippen molar-refractivity contribution >= 4 is 17.7 Å². The third-order valence-corrected chi connectivity index (χ3v) is 3.36. The molecule has 4 heteroatoms. The van der Waals surface area contributed by atoms with Gasteiger partial charge in [0.1, 0.15) is 0 Å². The normalized spacial score (nSPS) is 24.0. The van der Waals surface area contributed by atoms with Crippen LogP contribution >= 0.6 is 11.6 Å². The molecule has 82 valence electrons. The van der Waals surface area contributed by atoms with E-state index in [2.05, 4.69) is 11.2 Å². The maximum atomic E-state index is 6.17. The highest BCUT2D eigenvalue weighted by Gasteiger charge is 2.17. The van der Waals surface area contributed by atoms with Gasteiger partial charge in [-0.05, 0) is 32.3 Å². The van der Waals surface area contributed by atoms with Gasteiger partial charge in [-0.3, -0.25) is 4.68 Å². The summed E-state index contributed by atoms with van der Waals surface area (Å²) >= 11 is 6.17. The van der Waals surface area contributed by atoms with Crippen LogP contribution in [0.25, 0.3) is 6.08 Å². The van der Waals surface area contributed by atoms with Crippen LogP contribution in [0.2, 0.25) is 5.02 Å². The Kier molecular flexibility index (Phi) is 2.85. The highest BCUT2D eigenvalue weighted by Crippen LogP contribution is 2.28. The van der Waals surface area contributed by atoms with E-state index >= 15 is 0 Å². The predicted octanol–water partition coefficient (Wildman–Crippen LogP) is 2.28. The summed E-state index contributed by atoms with van der Waals surface area (Å²) in [4.78, 5) is 0. The zero-order valence-corrected chi connectivity index (χ0v) is 9.88. The molecule has 1 aliphatic rings. The first-order chi connectivity index (χ1) is 7.08. The summed E-state index contributed by atoms with van der Waals surface area (Å²) in [5, 5.41) is 5.04. The summed E-state index contributed by atoms with van der Waals surface area (Å²) < 4.78 is 1.83. The molecular formula is C11H16ClN3. The minimum Gasteiger partial charge on any atom is -0.327 e. The van der Waals surface area contributed by atoms with Crippen molar-refractivity contribution in [2.45, 2.75) is 32.2 Å². The molecule has 0 aromatic carbocycles. The monoisotopic (exact) mass is 225 g/mol. The molecule has 2 rings (SSSR count). The zero-order valence-electron chi connectivity index (χ0n) is 9.13. The van der Waals surface area contributed by atoms with Crippen LogP contribution in [0.5, 0.6) is 0 Å². The lowest BCUT2D eigenvalue weighted by atomic mass is 10.2. The smallest absolute Gasteiger partial charge is 0.0888 e. The summed E-state index contributed by atoms with van der Waals surface area (Å²) in [5.41, 5.74) is 9.13. The third kappa shape index (κ3) is 2.08. The molecule has 0 spiro atoms. The zero-order chi connectivity index (χ0) is 11.0. The van der Waals surface area contributed by atoms with Crippen LogP contribution < -0.4 is 5.73 Å². The molecule has 3 nitrogen and oxygen atoms in total. The lowest BCUT2D eigenvalue weighted by molar-refractivity contribution is 0.711. The molecule has 1 aromatic heterocycles. The molecule has 2 N–H and O–H groups in total. The maximum absolute atomic E-state index is 6.17. The van der Waals surface area contributed by atoms with Crippen molar-refractivity contribution in [2.75, 3.05) is 0 Å². The number of nitrogens with two attached hydrogens (primary N) is 1. The molecule has 0 amide bonds. The summed E-state index contributed by atoms with van der Waals surface area (Å²) in [7, 11) is 1.92. The molecule has 15 heavy (non-hydrogen) atoms. The Morgan fingerprint density at radius 1 is 1.60 bits per heavy atom. The fourth-order valence-corrected chi connectivity index (χ4v) is 2.26. The molecule has 1 aromatic rings. The first kappa shape index (κ1) is 10.7. The molecule has 1 atom stereocenters. The van der Waals surface area contributed by atoms with Crippen molar-refractivity contribution in [3.63, 3.8) is 0 Å². The molecule has 0 aliphatic heterocycles. The van der Waals surface area contributed by atoms with Crippen LogP contribution in [0, 0.1) is 6.92 Å². The molecule has 0 bridgehead atoms. The number of halogens is 1. The number of nitrogens with zero attached hydrogens (tertiary/aromatic N) is 2. The molecule has 1 saturated carbocycles. The first-order valence-electron chi connectivity index (χ1n) is 5.22. The van der Waals surface area contributed by atoms with E-state index in [0.717, 1.165) is 35.7 Å². The van der Waals surface area contributed by atoms with Crippen LogP contribution in [-0.2, 0) is 7.05 Å². The van der Waals surface area contributed by atoms with Crippen LogP contribution in [0.4, 0.5) is 0 Å². The number of hydrogen-bond donors (Lipinski definition) is 1. The standard InChI is InChI=1S/C11H16ClN3/c1-7-11(12)10(15(2)14-7)6-8-3-4-9(13)5-8/h6,9H,3-5,13H2,1-2H3. The Morgan fingerprint density at radius 2 is 2.33 bits per heavy atom. The largest absolute Gasteiger partial charge is 0.327 e. The van der Waals surface area contributed by atoms with Crippen LogP contribution in [0.15, 0.2) is 5.57 Å². The van der Waals surface area contributed by atoms with Crippen LogP contribution in [0.3, 0.4) is 0 Å². The average Bonchev–Trinajstić information content (AvgIpc) is 2.67. The minimum absolute atomic E-state index is 0.323. The first-order valence-corrected chi connectivity index (χ1v) is 5.60. The van der Waals surface area contributed by atoms with Crippen LogP contribution in [-0.4, -0.2) is 15.8 Å². The number of rotatable bonds is 1. The maximum Gasteiger partial charge on any atom is 0.0888 e. The van der Waals surface area contributed by atoms with Crippen molar-refractivity contribution in [3.05, 3.63) is 22.0 Å². The van der Waals surface area contributed by atoms with Gasteiger partial charge in [-0.1, -0.05) is 17.2 Å². The third-order valence-electron chi connectivity index (χ3n) is 2.89. The molecule has 1 fully saturated rings. The molecule has 1 aliphatic carbocycles. The summed E-state index contributed by atoms with van der Waals surface area (Å²) in [6.07, 6.45) is 5.29. The van der Waals surface area contributed by atoms with E-state index in [1.807, 2.05) is 18.7 Å². The number of hydrogen-bond acceptors (Lipinski definition) is 2. The van der Waals surface area contributed by atoms with Crippen molar-refractivity contribution in [2.24, 2.45) is 12.8 Å². The fraction of sp³-hybridized carbons (Fsp3) is 0.545. The van der Waals surface area contributed by atoms with Crippen molar-refractivity contribution in [3.8, 4) is 0 Å². The Balaban J connectivity index is 2.31. The molecular weight excluding hydrogens is 210 g/mol. The summed E-state index contributed by atoms with van der Waals surface area (Å²) in [6.45, 7) is 1.92. The van der Waals surface area contributed by atoms with E-state index < -0.39 is 0 Å². The summed E-state index contributed by atoms with van der Waals surface area (Å²) in [6, 6.07) is 0.323. The van der Waals surface area contributed by atoms with E-state index in [9.17, 15) is 0 Å². The Bertz CT molecular complexity index is 406. The predicted molar refractivity (Wildman–Crippen MR) is 62.8 cm³/mol. The second kappa shape index (κ2) is 3.99. The quantitative estimate of drug-likeness (QED) is 0.797. The van der Waals surface area contributed by atoms with Gasteiger partial charge in [0.2, 0.25) is 0 Å². The van der Waals surface area contributed by atoms with Gasteiger partial charge in [-0.25, -0.2) is 0 Å². The molecule has 1 unspecified atom stereocenters. The number of aromatic nitrogens is 2. The highest BCUT2D eigenvalue weighted by atomic mass is 35.5. The topological polar surface area (TPSA) is 43.8 Å². The van der Waals surface area contributed by atoms with Crippen molar-refractivity contribution in [1.82, 2.24) is 9.78 Å². The van der Waals surface area contributed by atoms with E-state index in [0.29, 0.717) is 6.04 Å². The SMILES string of the molecule is Cc1nn(C)c(C=C2CCC(N)C2)c1Cl. The van der Waals surface area contributed by atoms with Gasteiger partial charge < -0.3 is 5.73 Å². The average molecular weight is 226 g/mol. The van der Waals surface area contributed by atoms with Gasteiger partial charge in [0, 0.05) is 13.1 Å². The summed E-state index contributed by atoms with van der Waals surface area (Å²) in [5.74, 6) is 0. The van der Waals surface area contributed by atoms with Gasteiger partial charge >= 0.3 is 0 Å². The molecule has 0 radical (unpaired) electrons. The lowest BCUT2D eigenvalue weighted by Gasteiger charge is -1.99. The van der Waals surface area contributed by atoms with E-state index in [1.54, 1.807) is 0 Å². The highest BCUT2D eigenvalue weighted by molar-refractivity contribution is 6.32. The Hall–Kier alpha value is -0.800. The fourth-order valence-electron chi connectivity index (χ4n) is 2.04. The van der Waals surface area contributed by atoms with Gasteiger partial charge in [-0.2, -0.15) is 5.10 Å². The minimum atomic E-state index is 0.323. The van der Waals surface area contributed by atoms with Crippen molar-refractivity contribution < 1.29 is 0 Å². The Labute approximate surface area is 94.9 Å². The van der Waals surface area contributed by atoms with E-state index in [4.69, 9.17) is 17.3 Å². The van der Waals surface area contributed by atoms with Gasteiger partial charge in [0.15, 0.2) is 0 Å². The molecule has 1 heterocycles. The number of aryl methyl sites for hydroxylation is 2. The van der Waals surface area contributed by atoms with Crippen LogP contribution in [0.1, 0.15) is 30.7 Å². The Morgan fingerprint density at radius 3 is 2.80 bits per heavy atom. The van der Waals surface area contributed by atoms with E-state index in [1.165, 1.54) is 5.57 Å². The van der Waals surface area contributed by atoms with Crippen molar-refractivity contribution in [1.29, 1.82) is 0 Å².